The van der Waals surface area contributed by atoms with E-state index >= 15 is 0 Å². The fourth-order valence-electron chi connectivity index (χ4n) is 3.12. The monoisotopic (exact) mass is 526 g/mol. The first-order chi connectivity index (χ1) is 13.8. The Morgan fingerprint density at radius 2 is 1.87 bits per heavy atom. The molecule has 31 heavy (non-hydrogen) atoms. The number of nitrogens with one attached hydrogen (secondary N) is 1. The molecule has 1 aliphatic rings. The highest BCUT2D eigenvalue weighted by molar-refractivity contribution is 7.89. The van der Waals surface area contributed by atoms with Gasteiger partial charge in [0.05, 0.1) is 11.6 Å². The first-order valence-corrected chi connectivity index (χ1v) is 11.1. The topological polar surface area (TPSA) is 108 Å². The van der Waals surface area contributed by atoms with Crippen LogP contribution in [0.4, 0.5) is 0 Å². The van der Waals surface area contributed by atoms with E-state index in [2.05, 4.69) is 5.32 Å². The minimum absolute atomic E-state index is 0. The summed E-state index contributed by atoms with van der Waals surface area (Å²) < 4.78 is 33.9. The van der Waals surface area contributed by atoms with Crippen LogP contribution in [0.5, 0.6) is 11.5 Å². The van der Waals surface area contributed by atoms with Crippen LogP contribution >= 0.6 is 48.0 Å². The molecule has 0 bridgehead atoms. The number of halogens is 4. The molecule has 1 atom stereocenters. The smallest absolute Gasteiger partial charge is 0.246 e. The van der Waals surface area contributed by atoms with Gasteiger partial charge in [0.2, 0.25) is 10.0 Å². The number of rotatable bonds is 6. The normalized spacial score (nSPS) is 16.5. The quantitative estimate of drug-likeness (QED) is 0.591. The van der Waals surface area contributed by atoms with Crippen molar-refractivity contribution in [3.05, 3.63) is 52.0 Å². The van der Waals surface area contributed by atoms with Crippen LogP contribution in [0.3, 0.4) is 0 Å². The molecule has 0 radical (unpaired) electrons. The van der Waals surface area contributed by atoms with Crippen LogP contribution < -0.4 is 15.8 Å². The van der Waals surface area contributed by atoms with E-state index in [4.69, 9.17) is 33.7 Å². The SMILES string of the molecule is Cl.Cl.N#Cc1ccc(Oc2cc(Cl)cc(Cl)c2)c(S(=O)(=O)N2CCNC(CCN)C2)c1. The molecule has 0 spiro atoms. The Morgan fingerprint density at radius 1 is 1.19 bits per heavy atom. The maximum Gasteiger partial charge on any atom is 0.246 e. The number of hydrogen-bond acceptors (Lipinski definition) is 6. The summed E-state index contributed by atoms with van der Waals surface area (Å²) in [6, 6.07) is 10.8. The molecule has 0 aromatic heterocycles. The Labute approximate surface area is 204 Å². The van der Waals surface area contributed by atoms with Crippen molar-refractivity contribution in [1.82, 2.24) is 9.62 Å². The van der Waals surface area contributed by atoms with E-state index in [1.165, 1.54) is 34.6 Å². The minimum Gasteiger partial charge on any atom is -0.456 e. The molecule has 12 heteroatoms. The predicted molar refractivity (Wildman–Crippen MR) is 126 cm³/mol. The lowest BCUT2D eigenvalue weighted by Gasteiger charge is -2.33. The second-order valence-electron chi connectivity index (χ2n) is 6.57. The van der Waals surface area contributed by atoms with Gasteiger partial charge in [-0.05, 0) is 49.4 Å². The molecule has 0 saturated carbocycles. The van der Waals surface area contributed by atoms with Gasteiger partial charge in [-0.15, -0.1) is 24.8 Å². The number of benzene rings is 2. The summed E-state index contributed by atoms with van der Waals surface area (Å²) in [6.45, 7) is 1.57. The van der Waals surface area contributed by atoms with Gasteiger partial charge in [0.1, 0.15) is 16.4 Å². The number of hydrogen-bond donors (Lipinski definition) is 2. The lowest BCUT2D eigenvalue weighted by atomic mass is 10.2. The summed E-state index contributed by atoms with van der Waals surface area (Å²) >= 11 is 12.0. The third-order valence-corrected chi connectivity index (χ3v) is 6.81. The zero-order valence-electron chi connectivity index (χ0n) is 16.3. The summed E-state index contributed by atoms with van der Waals surface area (Å²) in [4.78, 5) is -0.0824. The second kappa shape index (κ2) is 12.1. The third-order valence-electron chi connectivity index (χ3n) is 4.49. The molecular weight excluding hydrogens is 506 g/mol. The maximum absolute atomic E-state index is 13.4. The Bertz CT molecular complexity index is 1020. The Kier molecular flexibility index (Phi) is 10.8. The van der Waals surface area contributed by atoms with E-state index < -0.39 is 10.0 Å². The van der Waals surface area contributed by atoms with Crippen molar-refractivity contribution in [3.63, 3.8) is 0 Å². The lowest BCUT2D eigenvalue weighted by Crippen LogP contribution is -2.53. The highest BCUT2D eigenvalue weighted by Crippen LogP contribution is 2.34. The van der Waals surface area contributed by atoms with Gasteiger partial charge in [-0.25, -0.2) is 8.42 Å². The molecule has 1 heterocycles. The number of nitrogens with zero attached hydrogens (tertiary/aromatic N) is 2. The van der Waals surface area contributed by atoms with Crippen molar-refractivity contribution in [2.75, 3.05) is 26.2 Å². The minimum atomic E-state index is -3.91. The van der Waals surface area contributed by atoms with Gasteiger partial charge >= 0.3 is 0 Å². The summed E-state index contributed by atoms with van der Waals surface area (Å²) in [7, 11) is -3.91. The van der Waals surface area contributed by atoms with Gasteiger partial charge in [0, 0.05) is 35.7 Å². The van der Waals surface area contributed by atoms with Gasteiger partial charge in [0.15, 0.2) is 0 Å². The molecule has 0 aliphatic carbocycles. The maximum atomic E-state index is 13.4. The highest BCUT2D eigenvalue weighted by Gasteiger charge is 2.32. The van der Waals surface area contributed by atoms with Crippen LogP contribution in [0.25, 0.3) is 0 Å². The standard InChI is InChI=1S/C19H20Cl2N4O3S.2ClH/c20-14-8-15(21)10-17(9-14)28-18-2-1-13(11-23)7-19(18)29(26,27)25-6-5-24-16(12-25)3-4-22;;/h1-2,7-10,16,24H,3-6,12,22H2;2*1H. The number of sulfonamides is 1. The number of nitrogens with two attached hydrogens (primary N) is 1. The van der Waals surface area contributed by atoms with Crippen LogP contribution in [-0.4, -0.2) is 44.9 Å². The van der Waals surface area contributed by atoms with Gasteiger partial charge in [-0.3, -0.25) is 0 Å². The van der Waals surface area contributed by atoms with Crippen LogP contribution in [0.15, 0.2) is 41.3 Å². The lowest BCUT2D eigenvalue weighted by molar-refractivity contribution is 0.290. The van der Waals surface area contributed by atoms with Gasteiger partial charge in [-0.2, -0.15) is 9.57 Å². The van der Waals surface area contributed by atoms with Gasteiger partial charge in [-0.1, -0.05) is 23.2 Å². The Hall–Kier alpha value is -1.28. The first-order valence-electron chi connectivity index (χ1n) is 8.95. The van der Waals surface area contributed by atoms with E-state index in [9.17, 15) is 13.7 Å². The number of piperazine rings is 1. The van der Waals surface area contributed by atoms with E-state index in [-0.39, 0.29) is 47.1 Å². The third kappa shape index (κ3) is 6.85. The van der Waals surface area contributed by atoms with Crippen molar-refractivity contribution >= 4 is 58.0 Å². The van der Waals surface area contributed by atoms with Gasteiger partial charge < -0.3 is 15.8 Å². The molecule has 3 N–H and O–H groups in total. The largest absolute Gasteiger partial charge is 0.456 e. The molecular formula is C19H22Cl4N4O3S. The Morgan fingerprint density at radius 3 is 2.48 bits per heavy atom. The van der Waals surface area contributed by atoms with E-state index in [1.54, 1.807) is 6.07 Å². The average Bonchev–Trinajstić information content (AvgIpc) is 2.68. The van der Waals surface area contributed by atoms with E-state index in [0.29, 0.717) is 48.4 Å². The van der Waals surface area contributed by atoms with Crippen molar-refractivity contribution in [1.29, 1.82) is 5.26 Å². The average molecular weight is 528 g/mol. The molecule has 1 saturated heterocycles. The molecule has 170 valence electrons. The van der Waals surface area contributed by atoms with Crippen molar-refractivity contribution < 1.29 is 13.2 Å². The van der Waals surface area contributed by atoms with E-state index in [1.807, 2.05) is 6.07 Å². The molecule has 1 fully saturated rings. The zero-order chi connectivity index (χ0) is 21.0. The number of nitriles is 1. The van der Waals surface area contributed by atoms with Crippen LogP contribution in [0.1, 0.15) is 12.0 Å². The van der Waals surface area contributed by atoms with Crippen LogP contribution in [-0.2, 0) is 10.0 Å². The molecule has 3 rings (SSSR count). The fraction of sp³-hybridized carbons (Fsp3) is 0.316. The number of ether oxygens (including phenoxy) is 1. The van der Waals surface area contributed by atoms with Crippen LogP contribution in [0, 0.1) is 11.3 Å². The van der Waals surface area contributed by atoms with Crippen molar-refractivity contribution in [3.8, 4) is 17.6 Å². The summed E-state index contributed by atoms with van der Waals surface area (Å²) in [5.41, 5.74) is 5.83. The molecule has 2 aromatic rings. The zero-order valence-corrected chi connectivity index (χ0v) is 20.2. The molecule has 1 aliphatic heterocycles. The predicted octanol–water partition coefficient (Wildman–Crippen LogP) is 3.81. The van der Waals surface area contributed by atoms with E-state index in [0.717, 1.165) is 0 Å². The first kappa shape index (κ1) is 27.8. The van der Waals surface area contributed by atoms with Crippen LogP contribution in [0.2, 0.25) is 10.0 Å². The summed E-state index contributed by atoms with van der Waals surface area (Å²) in [5, 5.41) is 13.2. The van der Waals surface area contributed by atoms with Crippen molar-refractivity contribution in [2.45, 2.75) is 17.4 Å². The summed E-state index contributed by atoms with van der Waals surface area (Å²) in [6.07, 6.45) is 0.661. The molecule has 2 aromatic carbocycles. The second-order valence-corrected chi connectivity index (χ2v) is 9.35. The van der Waals surface area contributed by atoms with Gasteiger partial charge in [0.25, 0.3) is 0 Å². The fourth-order valence-corrected chi connectivity index (χ4v) is 5.26. The molecule has 7 nitrogen and oxygen atoms in total. The highest BCUT2D eigenvalue weighted by atomic mass is 35.5. The summed E-state index contributed by atoms with van der Waals surface area (Å²) in [5.74, 6) is 0.390. The van der Waals surface area contributed by atoms with Crippen molar-refractivity contribution in [2.24, 2.45) is 5.73 Å². The Balaban J connectivity index is 0.00000240. The molecule has 0 amide bonds. The molecule has 1 unspecified atom stereocenters.